The van der Waals surface area contributed by atoms with E-state index in [0.717, 1.165) is 11.2 Å². The maximum absolute atomic E-state index is 4.23. The summed E-state index contributed by atoms with van der Waals surface area (Å²) in [5.41, 5.74) is 3.35. The van der Waals surface area contributed by atoms with Crippen molar-refractivity contribution in [2.24, 2.45) is 0 Å². The standard InChI is InChI=1S/C11H8N2/c1-2-6-9-11-8(4-1)5-3-7-10(11)13-12-9/h1-7H,(H,12,13). The fourth-order valence-electron chi connectivity index (χ4n) is 1.69. The Kier molecular flexibility index (Phi) is 1.19. The number of rotatable bonds is 0. The van der Waals surface area contributed by atoms with Gasteiger partial charge in [-0.1, -0.05) is 30.4 Å². The van der Waals surface area contributed by atoms with E-state index in [9.17, 15) is 0 Å². The Morgan fingerprint density at radius 2 is 2.00 bits per heavy atom. The van der Waals surface area contributed by atoms with Gasteiger partial charge in [0.25, 0.3) is 0 Å². The first-order chi connectivity index (χ1) is 6.45. The minimum absolute atomic E-state index is 1.02. The first-order valence-electron chi connectivity index (χ1n) is 4.27. The average Bonchev–Trinajstić information content (AvgIpc) is 2.44. The molecule has 0 radical (unpaired) electrons. The molecular weight excluding hydrogens is 160 g/mol. The van der Waals surface area contributed by atoms with Gasteiger partial charge in [-0.15, -0.1) is 0 Å². The van der Waals surface area contributed by atoms with E-state index in [-0.39, 0.29) is 0 Å². The summed E-state index contributed by atoms with van der Waals surface area (Å²) in [7, 11) is 0. The molecule has 2 nitrogen and oxygen atoms in total. The van der Waals surface area contributed by atoms with E-state index >= 15 is 0 Å². The predicted molar refractivity (Wildman–Crippen MR) is 54.2 cm³/mol. The highest BCUT2D eigenvalue weighted by atomic mass is 15.1. The third kappa shape index (κ3) is 0.855. The van der Waals surface area contributed by atoms with Crippen molar-refractivity contribution in [2.75, 3.05) is 0 Å². The van der Waals surface area contributed by atoms with Crippen molar-refractivity contribution in [3.05, 3.63) is 41.6 Å². The molecule has 1 N–H and O–H groups in total. The van der Waals surface area contributed by atoms with Crippen LogP contribution in [-0.4, -0.2) is 10.2 Å². The summed E-state index contributed by atoms with van der Waals surface area (Å²) in [4.78, 5) is 0. The fraction of sp³-hybridized carbons (Fsp3) is 0. The minimum Gasteiger partial charge on any atom is -0.277 e. The van der Waals surface area contributed by atoms with Gasteiger partial charge in [0.1, 0.15) is 0 Å². The molecule has 0 atom stereocenters. The number of nitrogens with zero attached hydrogens (tertiary/aromatic N) is 1. The lowest BCUT2D eigenvalue weighted by atomic mass is 10.1. The van der Waals surface area contributed by atoms with E-state index < -0.39 is 0 Å². The summed E-state index contributed by atoms with van der Waals surface area (Å²) in [6.07, 6.45) is 8.17. The molecule has 0 spiro atoms. The average molecular weight is 168 g/mol. The number of aromatic amines is 1. The van der Waals surface area contributed by atoms with Crippen LogP contribution >= 0.6 is 0 Å². The first-order valence-corrected chi connectivity index (χ1v) is 4.27. The summed E-state index contributed by atoms with van der Waals surface area (Å²) < 4.78 is 0. The molecule has 1 aliphatic rings. The van der Waals surface area contributed by atoms with Gasteiger partial charge in [-0.2, -0.15) is 5.10 Å². The van der Waals surface area contributed by atoms with E-state index in [1.807, 2.05) is 30.4 Å². The third-order valence-corrected chi connectivity index (χ3v) is 2.29. The van der Waals surface area contributed by atoms with Crippen LogP contribution in [0.15, 0.2) is 30.4 Å². The summed E-state index contributed by atoms with van der Waals surface area (Å²) in [5, 5.41) is 8.46. The zero-order valence-electron chi connectivity index (χ0n) is 6.99. The SMILES string of the molecule is C1=Cc2cccc3[nH]nc(c23)C=C1. The van der Waals surface area contributed by atoms with Crippen molar-refractivity contribution in [3.63, 3.8) is 0 Å². The summed E-state index contributed by atoms with van der Waals surface area (Å²) in [5.74, 6) is 0. The van der Waals surface area contributed by atoms with Crippen LogP contribution in [0.3, 0.4) is 0 Å². The van der Waals surface area contributed by atoms with E-state index in [1.165, 1.54) is 10.9 Å². The molecule has 2 heteroatoms. The minimum atomic E-state index is 1.02. The Balaban J connectivity index is 2.56. The molecule has 1 aromatic heterocycles. The lowest BCUT2D eigenvalue weighted by Gasteiger charge is -1.94. The Hall–Kier alpha value is -1.83. The Bertz CT molecular complexity index is 518. The number of hydrogen-bond acceptors (Lipinski definition) is 1. The normalized spacial score (nSPS) is 13.5. The van der Waals surface area contributed by atoms with Crippen molar-refractivity contribution < 1.29 is 0 Å². The first kappa shape index (κ1) is 6.66. The molecule has 0 saturated carbocycles. The van der Waals surface area contributed by atoms with Gasteiger partial charge in [0.05, 0.1) is 11.2 Å². The number of nitrogens with one attached hydrogen (secondary N) is 1. The number of benzene rings is 1. The zero-order chi connectivity index (χ0) is 8.67. The number of allylic oxidation sites excluding steroid dienone is 2. The largest absolute Gasteiger partial charge is 0.277 e. The van der Waals surface area contributed by atoms with E-state index in [4.69, 9.17) is 0 Å². The fourth-order valence-corrected chi connectivity index (χ4v) is 1.69. The second-order valence-electron chi connectivity index (χ2n) is 3.10. The third-order valence-electron chi connectivity index (χ3n) is 2.29. The highest BCUT2D eigenvalue weighted by Gasteiger charge is 2.06. The zero-order valence-corrected chi connectivity index (χ0v) is 6.99. The van der Waals surface area contributed by atoms with Crippen LogP contribution in [0, 0.1) is 0 Å². The van der Waals surface area contributed by atoms with Gasteiger partial charge in [-0.05, 0) is 17.7 Å². The summed E-state index contributed by atoms with van der Waals surface area (Å²) >= 11 is 0. The van der Waals surface area contributed by atoms with Crippen LogP contribution in [0.25, 0.3) is 23.1 Å². The lowest BCUT2D eigenvalue weighted by Crippen LogP contribution is -1.75. The second-order valence-corrected chi connectivity index (χ2v) is 3.10. The molecule has 0 fully saturated rings. The van der Waals surface area contributed by atoms with Crippen LogP contribution in [-0.2, 0) is 0 Å². The predicted octanol–water partition coefficient (Wildman–Crippen LogP) is 2.60. The highest BCUT2D eigenvalue weighted by Crippen LogP contribution is 2.24. The maximum Gasteiger partial charge on any atom is 0.0933 e. The summed E-state index contributed by atoms with van der Waals surface area (Å²) in [6.45, 7) is 0. The van der Waals surface area contributed by atoms with Gasteiger partial charge in [0.2, 0.25) is 0 Å². The van der Waals surface area contributed by atoms with Crippen LogP contribution in [0.2, 0.25) is 0 Å². The second kappa shape index (κ2) is 2.33. The van der Waals surface area contributed by atoms with Crippen molar-refractivity contribution in [3.8, 4) is 0 Å². The Morgan fingerprint density at radius 3 is 3.00 bits per heavy atom. The molecule has 2 aromatic rings. The molecule has 0 bridgehead atoms. The van der Waals surface area contributed by atoms with Crippen LogP contribution in [0.4, 0.5) is 0 Å². The van der Waals surface area contributed by atoms with Crippen molar-refractivity contribution in [1.29, 1.82) is 0 Å². The molecule has 0 aliphatic heterocycles. The molecule has 13 heavy (non-hydrogen) atoms. The van der Waals surface area contributed by atoms with Crippen molar-refractivity contribution in [1.82, 2.24) is 10.2 Å². The Morgan fingerprint density at radius 1 is 1.08 bits per heavy atom. The molecule has 3 rings (SSSR count). The quantitative estimate of drug-likeness (QED) is 0.643. The monoisotopic (exact) mass is 168 g/mol. The lowest BCUT2D eigenvalue weighted by molar-refractivity contribution is 1.11. The summed E-state index contributed by atoms with van der Waals surface area (Å²) in [6, 6.07) is 6.18. The van der Waals surface area contributed by atoms with Gasteiger partial charge >= 0.3 is 0 Å². The Labute approximate surface area is 75.6 Å². The number of H-pyrrole nitrogens is 1. The van der Waals surface area contributed by atoms with Gasteiger partial charge < -0.3 is 0 Å². The van der Waals surface area contributed by atoms with Crippen LogP contribution in [0.1, 0.15) is 11.3 Å². The van der Waals surface area contributed by atoms with E-state index in [2.05, 4.69) is 22.3 Å². The molecule has 1 heterocycles. The topological polar surface area (TPSA) is 28.7 Å². The maximum atomic E-state index is 4.23. The molecule has 0 amide bonds. The molecule has 1 aromatic carbocycles. The van der Waals surface area contributed by atoms with Crippen LogP contribution < -0.4 is 0 Å². The molecule has 62 valence electrons. The van der Waals surface area contributed by atoms with E-state index in [1.54, 1.807) is 0 Å². The van der Waals surface area contributed by atoms with Gasteiger partial charge in [0.15, 0.2) is 0 Å². The molecular formula is C11H8N2. The van der Waals surface area contributed by atoms with Crippen LogP contribution in [0.5, 0.6) is 0 Å². The van der Waals surface area contributed by atoms with Gasteiger partial charge in [-0.3, -0.25) is 5.10 Å². The van der Waals surface area contributed by atoms with E-state index in [0.29, 0.717) is 0 Å². The number of aromatic nitrogens is 2. The highest BCUT2D eigenvalue weighted by molar-refractivity contribution is 5.95. The molecule has 1 aliphatic carbocycles. The van der Waals surface area contributed by atoms with Gasteiger partial charge in [-0.25, -0.2) is 0 Å². The van der Waals surface area contributed by atoms with Gasteiger partial charge in [0, 0.05) is 5.39 Å². The van der Waals surface area contributed by atoms with Crippen molar-refractivity contribution in [2.45, 2.75) is 0 Å². The number of hydrogen-bond donors (Lipinski definition) is 1. The smallest absolute Gasteiger partial charge is 0.0933 e. The molecule has 0 saturated heterocycles. The molecule has 0 unspecified atom stereocenters. The van der Waals surface area contributed by atoms with Crippen molar-refractivity contribution >= 4 is 23.1 Å².